The van der Waals surface area contributed by atoms with Crippen molar-refractivity contribution >= 4 is 17.7 Å². The first-order chi connectivity index (χ1) is 11.8. The maximum Gasteiger partial charge on any atom is 0.305 e. The van der Waals surface area contributed by atoms with Crippen LogP contribution in [0.5, 0.6) is 5.75 Å². The van der Waals surface area contributed by atoms with Crippen molar-refractivity contribution in [2.24, 2.45) is 0 Å². The van der Waals surface area contributed by atoms with Gasteiger partial charge < -0.3 is 15.2 Å². The summed E-state index contributed by atoms with van der Waals surface area (Å²) >= 11 is 0. The number of carbonyl (C=O) groups is 3. The third-order valence-corrected chi connectivity index (χ3v) is 4.51. The van der Waals surface area contributed by atoms with E-state index < -0.39 is 17.3 Å². The van der Waals surface area contributed by atoms with Crippen molar-refractivity contribution in [1.29, 1.82) is 0 Å². The molecule has 0 spiro atoms. The molecule has 0 bridgehead atoms. The van der Waals surface area contributed by atoms with Gasteiger partial charge in [-0.25, -0.2) is 4.39 Å². The molecule has 7 heteroatoms. The van der Waals surface area contributed by atoms with Crippen LogP contribution in [0, 0.1) is 5.82 Å². The molecule has 0 unspecified atom stereocenters. The number of amides is 1. The Labute approximate surface area is 145 Å². The molecule has 136 valence electrons. The van der Waals surface area contributed by atoms with E-state index in [4.69, 9.17) is 9.84 Å². The van der Waals surface area contributed by atoms with Gasteiger partial charge in [0.2, 0.25) is 5.91 Å². The summed E-state index contributed by atoms with van der Waals surface area (Å²) in [6.07, 6.45) is 2.76. The fourth-order valence-corrected chi connectivity index (χ4v) is 3.26. The molecule has 0 saturated heterocycles. The van der Waals surface area contributed by atoms with Gasteiger partial charge in [-0.15, -0.1) is 0 Å². The standard InChI is InChI=1S/C18H22FNO5/c1-25-15-6-4-12(10-13(15)19)14(21)5-7-16(22)20-18(11-17(23)24)8-2-3-9-18/h4,6,10H,2-3,5,7-9,11H2,1H3,(H,20,22)(H,23,24). The Morgan fingerprint density at radius 3 is 2.48 bits per heavy atom. The number of carboxylic acids is 1. The minimum atomic E-state index is -0.952. The van der Waals surface area contributed by atoms with Crippen LogP contribution in [0.15, 0.2) is 18.2 Å². The molecule has 1 amide bonds. The molecule has 0 heterocycles. The zero-order valence-electron chi connectivity index (χ0n) is 14.1. The quantitative estimate of drug-likeness (QED) is 0.703. The second kappa shape index (κ2) is 8.09. The normalized spacial score (nSPS) is 15.6. The first kappa shape index (κ1) is 18.9. The van der Waals surface area contributed by atoms with Crippen LogP contribution in [0.25, 0.3) is 0 Å². The monoisotopic (exact) mass is 351 g/mol. The van der Waals surface area contributed by atoms with E-state index in [0.717, 1.165) is 18.9 Å². The zero-order valence-corrected chi connectivity index (χ0v) is 14.1. The number of hydrogen-bond acceptors (Lipinski definition) is 4. The Balaban J connectivity index is 1.91. The van der Waals surface area contributed by atoms with Gasteiger partial charge in [-0.1, -0.05) is 12.8 Å². The van der Waals surface area contributed by atoms with Crippen molar-refractivity contribution in [2.45, 2.75) is 50.5 Å². The number of aliphatic carboxylic acids is 1. The number of benzene rings is 1. The largest absolute Gasteiger partial charge is 0.494 e. The molecule has 0 aromatic heterocycles. The van der Waals surface area contributed by atoms with E-state index in [1.807, 2.05) is 0 Å². The molecule has 0 atom stereocenters. The number of methoxy groups -OCH3 is 1. The van der Waals surface area contributed by atoms with Crippen LogP contribution in [-0.4, -0.2) is 35.4 Å². The van der Waals surface area contributed by atoms with Gasteiger partial charge in [-0.2, -0.15) is 0 Å². The fourth-order valence-electron chi connectivity index (χ4n) is 3.26. The third kappa shape index (κ3) is 5.01. The van der Waals surface area contributed by atoms with Crippen molar-refractivity contribution in [3.8, 4) is 5.75 Å². The Morgan fingerprint density at radius 1 is 1.24 bits per heavy atom. The highest BCUT2D eigenvalue weighted by Crippen LogP contribution is 2.32. The van der Waals surface area contributed by atoms with E-state index in [2.05, 4.69) is 5.32 Å². The smallest absolute Gasteiger partial charge is 0.305 e. The molecular formula is C18H22FNO5. The highest BCUT2D eigenvalue weighted by molar-refractivity contribution is 5.98. The molecule has 1 saturated carbocycles. The average Bonchev–Trinajstić information content (AvgIpc) is 2.99. The van der Waals surface area contributed by atoms with Gasteiger partial charge in [0.05, 0.1) is 19.1 Å². The highest BCUT2D eigenvalue weighted by atomic mass is 19.1. The molecule has 6 nitrogen and oxygen atoms in total. The van der Waals surface area contributed by atoms with Crippen molar-refractivity contribution in [2.75, 3.05) is 7.11 Å². The number of halogens is 1. The fraction of sp³-hybridized carbons (Fsp3) is 0.500. The first-order valence-electron chi connectivity index (χ1n) is 8.25. The predicted octanol–water partition coefficient (Wildman–Crippen LogP) is 2.70. The van der Waals surface area contributed by atoms with E-state index in [9.17, 15) is 18.8 Å². The lowest BCUT2D eigenvalue weighted by Gasteiger charge is -2.28. The summed E-state index contributed by atoms with van der Waals surface area (Å²) in [6.45, 7) is 0. The maximum absolute atomic E-state index is 13.6. The Bertz CT molecular complexity index is 667. The SMILES string of the molecule is COc1ccc(C(=O)CCC(=O)NC2(CC(=O)O)CCCC2)cc1F. The minimum Gasteiger partial charge on any atom is -0.494 e. The number of nitrogens with one attached hydrogen (secondary N) is 1. The molecule has 1 aromatic carbocycles. The molecular weight excluding hydrogens is 329 g/mol. The van der Waals surface area contributed by atoms with Crippen LogP contribution in [0.4, 0.5) is 4.39 Å². The second-order valence-electron chi connectivity index (χ2n) is 6.38. The van der Waals surface area contributed by atoms with E-state index in [0.29, 0.717) is 12.8 Å². The van der Waals surface area contributed by atoms with Crippen LogP contribution >= 0.6 is 0 Å². The number of carboxylic acid groups (broad SMARTS) is 1. The number of rotatable bonds is 8. The van der Waals surface area contributed by atoms with E-state index in [1.54, 1.807) is 0 Å². The molecule has 1 aliphatic rings. The molecule has 1 aliphatic carbocycles. The van der Waals surface area contributed by atoms with Gasteiger partial charge in [0.1, 0.15) is 0 Å². The van der Waals surface area contributed by atoms with Crippen LogP contribution in [-0.2, 0) is 9.59 Å². The summed E-state index contributed by atoms with van der Waals surface area (Å²) in [5.74, 6) is -2.25. The molecule has 1 fully saturated rings. The third-order valence-electron chi connectivity index (χ3n) is 4.51. The van der Waals surface area contributed by atoms with Gasteiger partial charge in [-0.05, 0) is 31.0 Å². The average molecular weight is 351 g/mol. The number of carbonyl (C=O) groups excluding carboxylic acids is 2. The number of ether oxygens (including phenoxy) is 1. The zero-order chi connectivity index (χ0) is 18.4. The van der Waals surface area contributed by atoms with Crippen molar-refractivity contribution < 1.29 is 28.6 Å². The number of hydrogen-bond donors (Lipinski definition) is 2. The van der Waals surface area contributed by atoms with Gasteiger partial charge in [0.15, 0.2) is 17.3 Å². The minimum absolute atomic E-state index is 0.0474. The highest BCUT2D eigenvalue weighted by Gasteiger charge is 2.37. The van der Waals surface area contributed by atoms with Crippen molar-refractivity contribution in [3.63, 3.8) is 0 Å². The number of Topliss-reactive ketones (excluding diaryl/α,β-unsaturated/α-hetero) is 1. The lowest BCUT2D eigenvalue weighted by Crippen LogP contribution is -2.47. The molecule has 2 rings (SSSR count). The topological polar surface area (TPSA) is 92.7 Å². The summed E-state index contributed by atoms with van der Waals surface area (Å²) in [5, 5.41) is 11.8. The van der Waals surface area contributed by atoms with Crippen LogP contribution < -0.4 is 10.1 Å². The van der Waals surface area contributed by atoms with Crippen LogP contribution in [0.1, 0.15) is 55.3 Å². The summed E-state index contributed by atoms with van der Waals surface area (Å²) in [4.78, 5) is 35.3. The second-order valence-corrected chi connectivity index (χ2v) is 6.38. The Morgan fingerprint density at radius 2 is 1.92 bits per heavy atom. The summed E-state index contributed by atoms with van der Waals surface area (Å²) < 4.78 is 18.4. The predicted molar refractivity (Wildman–Crippen MR) is 88.1 cm³/mol. The Kier molecular flexibility index (Phi) is 6.12. The van der Waals surface area contributed by atoms with Gasteiger partial charge in [-0.3, -0.25) is 14.4 Å². The Hall–Kier alpha value is -2.44. The van der Waals surface area contributed by atoms with Crippen molar-refractivity contribution in [1.82, 2.24) is 5.32 Å². The number of ketones is 1. The van der Waals surface area contributed by atoms with Gasteiger partial charge in [0.25, 0.3) is 0 Å². The summed E-state index contributed by atoms with van der Waals surface area (Å²) in [5.41, 5.74) is -0.537. The molecule has 0 aliphatic heterocycles. The van der Waals surface area contributed by atoms with Gasteiger partial charge in [0, 0.05) is 18.4 Å². The molecule has 2 N–H and O–H groups in total. The van der Waals surface area contributed by atoms with Gasteiger partial charge >= 0.3 is 5.97 Å². The molecule has 1 aromatic rings. The van der Waals surface area contributed by atoms with Crippen molar-refractivity contribution in [3.05, 3.63) is 29.6 Å². The molecule has 25 heavy (non-hydrogen) atoms. The first-order valence-corrected chi connectivity index (χ1v) is 8.25. The van der Waals surface area contributed by atoms with E-state index in [-0.39, 0.29) is 42.3 Å². The lowest BCUT2D eigenvalue weighted by molar-refractivity contribution is -0.139. The molecule has 0 radical (unpaired) electrons. The van der Waals surface area contributed by atoms with E-state index in [1.165, 1.54) is 19.2 Å². The summed E-state index contributed by atoms with van der Waals surface area (Å²) in [6, 6.07) is 3.90. The van der Waals surface area contributed by atoms with Crippen LogP contribution in [0.3, 0.4) is 0 Å². The lowest BCUT2D eigenvalue weighted by atomic mass is 9.92. The van der Waals surface area contributed by atoms with E-state index >= 15 is 0 Å². The summed E-state index contributed by atoms with van der Waals surface area (Å²) in [7, 11) is 1.33. The maximum atomic E-state index is 13.6. The van der Waals surface area contributed by atoms with Crippen LogP contribution in [0.2, 0.25) is 0 Å².